The molecule has 0 aromatic heterocycles. The van der Waals surface area contributed by atoms with Crippen LogP contribution in [-0.2, 0) is 17.1 Å². The Bertz CT molecular complexity index is 746. The van der Waals surface area contributed by atoms with E-state index < -0.39 is 0 Å². The fraction of sp³-hybridized carbons (Fsp3) is 0.409. The lowest BCUT2D eigenvalue weighted by Gasteiger charge is -2.31. The lowest BCUT2D eigenvalue weighted by atomic mass is 9.95. The first kappa shape index (κ1) is 21.2. The summed E-state index contributed by atoms with van der Waals surface area (Å²) in [5, 5.41) is 3.48. The molecular weight excluding hydrogens is 395 g/mol. The molecule has 0 spiro atoms. The van der Waals surface area contributed by atoms with Crippen molar-refractivity contribution in [2.24, 2.45) is 5.92 Å². The first-order valence-corrected chi connectivity index (χ1v) is 11.2. The summed E-state index contributed by atoms with van der Waals surface area (Å²) in [6.07, 6.45) is 1.80. The largest absolute Gasteiger partial charge is 0.355 e. The molecule has 150 valence electrons. The van der Waals surface area contributed by atoms with E-state index in [-0.39, 0.29) is 17.6 Å². The van der Waals surface area contributed by atoms with Crippen LogP contribution in [-0.4, -0.2) is 36.2 Å². The summed E-state index contributed by atoms with van der Waals surface area (Å²) >= 11 is 7.61. The summed E-state index contributed by atoms with van der Waals surface area (Å²) < 4.78 is 13.7. The topological polar surface area (TPSA) is 32.3 Å². The highest BCUT2D eigenvalue weighted by molar-refractivity contribution is 7.98. The second-order valence-corrected chi connectivity index (χ2v) is 8.59. The molecule has 0 radical (unpaired) electrons. The highest BCUT2D eigenvalue weighted by Crippen LogP contribution is 2.24. The quantitative estimate of drug-likeness (QED) is 0.626. The van der Waals surface area contributed by atoms with Gasteiger partial charge in [0.1, 0.15) is 5.82 Å². The number of nitrogens with zero attached hydrogens (tertiary/aromatic N) is 1. The number of benzene rings is 2. The average Bonchev–Trinajstić information content (AvgIpc) is 2.71. The molecule has 1 fully saturated rings. The standard InChI is InChI=1S/C22H26ClFN2OS/c23-20-7-4-8-21(24)19(20)16-28-14-11-25-22(27)18-9-12-26(13-10-18)15-17-5-2-1-3-6-17/h1-8,18H,9-16H2,(H,25,27). The Labute approximate surface area is 175 Å². The third kappa shape index (κ3) is 6.23. The Hall–Kier alpha value is -1.56. The van der Waals surface area contributed by atoms with Gasteiger partial charge in [0.05, 0.1) is 0 Å². The molecule has 1 heterocycles. The van der Waals surface area contributed by atoms with Crippen molar-refractivity contribution < 1.29 is 9.18 Å². The number of halogens is 2. The molecule has 2 aromatic carbocycles. The van der Waals surface area contributed by atoms with Gasteiger partial charge in [-0.2, -0.15) is 11.8 Å². The zero-order valence-corrected chi connectivity index (χ0v) is 17.4. The van der Waals surface area contributed by atoms with Crippen LogP contribution < -0.4 is 5.32 Å². The third-order valence-corrected chi connectivity index (χ3v) is 6.40. The van der Waals surface area contributed by atoms with E-state index in [1.165, 1.54) is 11.6 Å². The molecule has 2 aromatic rings. The van der Waals surface area contributed by atoms with Gasteiger partial charge in [-0.05, 0) is 43.6 Å². The Balaban J connectivity index is 1.31. The van der Waals surface area contributed by atoms with Crippen molar-refractivity contribution in [3.8, 4) is 0 Å². The van der Waals surface area contributed by atoms with E-state index in [4.69, 9.17) is 11.6 Å². The number of piperidine rings is 1. The van der Waals surface area contributed by atoms with Crippen LogP contribution in [0.15, 0.2) is 48.5 Å². The lowest BCUT2D eigenvalue weighted by Crippen LogP contribution is -2.40. The second-order valence-electron chi connectivity index (χ2n) is 7.08. The number of hydrogen-bond acceptors (Lipinski definition) is 3. The molecule has 0 saturated carbocycles. The van der Waals surface area contributed by atoms with E-state index in [0.29, 0.717) is 22.9 Å². The summed E-state index contributed by atoms with van der Waals surface area (Å²) in [4.78, 5) is 14.8. The zero-order chi connectivity index (χ0) is 19.8. The smallest absolute Gasteiger partial charge is 0.223 e. The first-order chi connectivity index (χ1) is 13.6. The van der Waals surface area contributed by atoms with Gasteiger partial charge in [-0.15, -0.1) is 0 Å². The highest BCUT2D eigenvalue weighted by Gasteiger charge is 2.24. The first-order valence-electron chi connectivity index (χ1n) is 9.68. The minimum absolute atomic E-state index is 0.0954. The summed E-state index contributed by atoms with van der Waals surface area (Å²) in [7, 11) is 0. The van der Waals surface area contributed by atoms with Crippen molar-refractivity contribution in [2.45, 2.75) is 25.1 Å². The van der Waals surface area contributed by atoms with Crippen LogP contribution in [0.2, 0.25) is 5.02 Å². The van der Waals surface area contributed by atoms with Crippen LogP contribution in [0.25, 0.3) is 0 Å². The van der Waals surface area contributed by atoms with E-state index in [1.54, 1.807) is 23.9 Å². The van der Waals surface area contributed by atoms with Crippen LogP contribution >= 0.6 is 23.4 Å². The Kier molecular flexibility index (Phi) is 8.19. The van der Waals surface area contributed by atoms with Gasteiger partial charge < -0.3 is 5.32 Å². The molecular formula is C22H26ClFN2OS. The van der Waals surface area contributed by atoms with Crippen molar-refractivity contribution in [1.82, 2.24) is 10.2 Å². The predicted molar refractivity (Wildman–Crippen MR) is 115 cm³/mol. The molecule has 1 amide bonds. The van der Waals surface area contributed by atoms with Crippen molar-refractivity contribution in [1.29, 1.82) is 0 Å². The number of rotatable bonds is 8. The number of amides is 1. The highest BCUT2D eigenvalue weighted by atomic mass is 35.5. The number of hydrogen-bond donors (Lipinski definition) is 1. The summed E-state index contributed by atoms with van der Waals surface area (Å²) in [5.41, 5.74) is 1.85. The van der Waals surface area contributed by atoms with E-state index in [0.717, 1.165) is 38.2 Å². The van der Waals surface area contributed by atoms with Gasteiger partial charge in [0.25, 0.3) is 0 Å². The van der Waals surface area contributed by atoms with E-state index in [1.807, 2.05) is 6.07 Å². The van der Waals surface area contributed by atoms with Crippen molar-refractivity contribution in [3.63, 3.8) is 0 Å². The molecule has 0 atom stereocenters. The Morgan fingerprint density at radius 1 is 1.14 bits per heavy atom. The molecule has 3 rings (SSSR count). The fourth-order valence-electron chi connectivity index (χ4n) is 3.43. The maximum Gasteiger partial charge on any atom is 0.223 e. The third-order valence-electron chi connectivity index (χ3n) is 5.06. The lowest BCUT2D eigenvalue weighted by molar-refractivity contribution is -0.126. The maximum atomic E-state index is 13.7. The number of carbonyl (C=O) groups is 1. The minimum atomic E-state index is -0.272. The molecule has 0 bridgehead atoms. The number of carbonyl (C=O) groups excluding carboxylic acids is 1. The number of likely N-dealkylation sites (tertiary alicyclic amines) is 1. The predicted octanol–water partition coefficient (Wildman–Crippen LogP) is 4.74. The molecule has 28 heavy (non-hydrogen) atoms. The van der Waals surface area contributed by atoms with E-state index >= 15 is 0 Å². The molecule has 3 nitrogen and oxygen atoms in total. The Morgan fingerprint density at radius 3 is 2.61 bits per heavy atom. The van der Waals surface area contributed by atoms with Gasteiger partial charge in [-0.3, -0.25) is 9.69 Å². The van der Waals surface area contributed by atoms with Gasteiger partial charge in [0.2, 0.25) is 5.91 Å². The van der Waals surface area contributed by atoms with E-state index in [2.05, 4.69) is 34.5 Å². The van der Waals surface area contributed by atoms with Crippen LogP contribution in [0.4, 0.5) is 4.39 Å². The summed E-state index contributed by atoms with van der Waals surface area (Å²) in [5.74, 6) is 1.22. The molecule has 1 aliphatic heterocycles. The second kappa shape index (κ2) is 10.8. The van der Waals surface area contributed by atoms with Gasteiger partial charge in [0, 0.05) is 41.1 Å². The van der Waals surface area contributed by atoms with Crippen LogP contribution in [0.3, 0.4) is 0 Å². The normalized spacial score (nSPS) is 15.5. The van der Waals surface area contributed by atoms with Crippen molar-refractivity contribution >= 4 is 29.3 Å². The van der Waals surface area contributed by atoms with Gasteiger partial charge in [0.15, 0.2) is 0 Å². The van der Waals surface area contributed by atoms with Crippen molar-refractivity contribution in [2.75, 3.05) is 25.4 Å². The van der Waals surface area contributed by atoms with E-state index in [9.17, 15) is 9.18 Å². The van der Waals surface area contributed by atoms with Crippen LogP contribution in [0.5, 0.6) is 0 Å². The summed E-state index contributed by atoms with van der Waals surface area (Å²) in [6, 6.07) is 15.2. The summed E-state index contributed by atoms with van der Waals surface area (Å²) in [6.45, 7) is 3.45. The number of nitrogens with one attached hydrogen (secondary N) is 1. The monoisotopic (exact) mass is 420 g/mol. The molecule has 1 saturated heterocycles. The van der Waals surface area contributed by atoms with Gasteiger partial charge >= 0.3 is 0 Å². The van der Waals surface area contributed by atoms with Gasteiger partial charge in [-0.1, -0.05) is 48.0 Å². The molecule has 1 aliphatic rings. The van der Waals surface area contributed by atoms with Crippen molar-refractivity contribution in [3.05, 3.63) is 70.5 Å². The van der Waals surface area contributed by atoms with Crippen LogP contribution in [0.1, 0.15) is 24.0 Å². The zero-order valence-electron chi connectivity index (χ0n) is 15.9. The number of thioether (sulfide) groups is 1. The van der Waals surface area contributed by atoms with Crippen LogP contribution in [0, 0.1) is 11.7 Å². The SMILES string of the molecule is O=C(NCCSCc1c(F)cccc1Cl)C1CCN(Cc2ccccc2)CC1. The van der Waals surface area contributed by atoms with Gasteiger partial charge in [-0.25, -0.2) is 4.39 Å². The molecule has 6 heteroatoms. The molecule has 1 N–H and O–H groups in total. The average molecular weight is 421 g/mol. The minimum Gasteiger partial charge on any atom is -0.355 e. The maximum absolute atomic E-state index is 13.7. The molecule has 0 aliphatic carbocycles. The fourth-order valence-corrected chi connectivity index (χ4v) is 4.63. The molecule has 0 unspecified atom stereocenters. The Morgan fingerprint density at radius 2 is 1.89 bits per heavy atom.